The van der Waals surface area contributed by atoms with E-state index in [2.05, 4.69) is 25.9 Å². The Morgan fingerprint density at radius 1 is 1.09 bits per heavy atom. The van der Waals surface area contributed by atoms with Gasteiger partial charge >= 0.3 is 5.97 Å². The molecular formula is C23H22FN7O3. The van der Waals surface area contributed by atoms with E-state index < -0.39 is 11.7 Å². The van der Waals surface area contributed by atoms with Crippen molar-refractivity contribution < 1.29 is 18.7 Å². The average molecular weight is 463 g/mol. The van der Waals surface area contributed by atoms with Crippen molar-refractivity contribution >= 4 is 17.6 Å². The highest BCUT2D eigenvalue weighted by Gasteiger charge is 2.16. The molecule has 0 atom stereocenters. The van der Waals surface area contributed by atoms with Crippen LogP contribution in [0.4, 0.5) is 10.1 Å². The van der Waals surface area contributed by atoms with Gasteiger partial charge in [0.1, 0.15) is 12.1 Å². The summed E-state index contributed by atoms with van der Waals surface area (Å²) in [5.41, 5.74) is 4.32. The first-order valence-electron chi connectivity index (χ1n) is 10.4. The van der Waals surface area contributed by atoms with Gasteiger partial charge in [-0.3, -0.25) is 9.59 Å². The Kier molecular flexibility index (Phi) is 6.44. The van der Waals surface area contributed by atoms with Crippen molar-refractivity contribution in [2.45, 2.75) is 26.7 Å². The van der Waals surface area contributed by atoms with E-state index in [9.17, 15) is 14.0 Å². The van der Waals surface area contributed by atoms with Crippen LogP contribution in [0, 0.1) is 19.7 Å². The topological polar surface area (TPSA) is 117 Å². The smallest absolute Gasteiger partial charge is 0.305 e. The van der Waals surface area contributed by atoms with Crippen molar-refractivity contribution in [1.82, 2.24) is 30.0 Å². The molecule has 2 aromatic carbocycles. The van der Waals surface area contributed by atoms with Crippen LogP contribution in [-0.2, 0) is 16.0 Å². The minimum absolute atomic E-state index is 0.0101. The van der Waals surface area contributed by atoms with Gasteiger partial charge in [-0.15, -0.1) is 5.10 Å². The Morgan fingerprint density at radius 2 is 1.82 bits per heavy atom. The standard InChI is InChI=1S/C23H22FN7O3/c1-14-19(9-11-22(32)34-3)15(2)31(27-14)17-6-4-16(5-7-17)23(33)26-21-12-18(8-10-20(21)24)30-13-25-28-29-30/h4-8,10,12-13H,9,11H2,1-3H3,(H,26,33). The van der Waals surface area contributed by atoms with Crippen LogP contribution in [0.25, 0.3) is 11.4 Å². The zero-order chi connectivity index (χ0) is 24.2. The lowest BCUT2D eigenvalue weighted by Gasteiger charge is -2.10. The molecule has 0 aliphatic heterocycles. The number of tetrazole rings is 1. The Morgan fingerprint density at radius 3 is 2.50 bits per heavy atom. The monoisotopic (exact) mass is 463 g/mol. The predicted molar refractivity (Wildman–Crippen MR) is 120 cm³/mol. The molecule has 2 heterocycles. The number of anilines is 1. The van der Waals surface area contributed by atoms with Crippen molar-refractivity contribution in [2.75, 3.05) is 12.4 Å². The van der Waals surface area contributed by atoms with Gasteiger partial charge in [-0.05, 0) is 78.7 Å². The van der Waals surface area contributed by atoms with E-state index in [1.165, 1.54) is 36.3 Å². The summed E-state index contributed by atoms with van der Waals surface area (Å²) in [6, 6.07) is 11.0. The largest absolute Gasteiger partial charge is 0.469 e. The van der Waals surface area contributed by atoms with Crippen molar-refractivity contribution in [3.8, 4) is 11.4 Å². The number of methoxy groups -OCH3 is 1. The van der Waals surface area contributed by atoms with Crippen LogP contribution in [0.5, 0.6) is 0 Å². The number of amides is 1. The number of hydrogen-bond donors (Lipinski definition) is 1. The normalized spacial score (nSPS) is 10.8. The second kappa shape index (κ2) is 9.61. The zero-order valence-corrected chi connectivity index (χ0v) is 18.8. The number of hydrogen-bond acceptors (Lipinski definition) is 7. The number of aryl methyl sites for hydroxylation is 1. The van der Waals surface area contributed by atoms with Crippen molar-refractivity contribution in [1.29, 1.82) is 0 Å². The molecule has 2 aromatic heterocycles. The second-order valence-electron chi connectivity index (χ2n) is 7.56. The van der Waals surface area contributed by atoms with E-state index in [1.807, 2.05) is 13.8 Å². The number of benzene rings is 2. The number of nitrogens with zero attached hydrogens (tertiary/aromatic N) is 6. The molecule has 10 nitrogen and oxygen atoms in total. The average Bonchev–Trinajstić information content (AvgIpc) is 3.47. The summed E-state index contributed by atoms with van der Waals surface area (Å²) in [4.78, 5) is 24.2. The number of halogens is 1. The first-order chi connectivity index (χ1) is 16.4. The molecular weight excluding hydrogens is 441 g/mol. The lowest BCUT2D eigenvalue weighted by atomic mass is 10.1. The van der Waals surface area contributed by atoms with Crippen molar-refractivity contribution in [3.05, 3.63) is 77.1 Å². The third kappa shape index (κ3) is 4.68. The second-order valence-corrected chi connectivity index (χ2v) is 7.56. The lowest BCUT2D eigenvalue weighted by Crippen LogP contribution is -2.13. The molecule has 1 amide bonds. The number of aromatic nitrogens is 6. The highest BCUT2D eigenvalue weighted by molar-refractivity contribution is 6.04. The van der Waals surface area contributed by atoms with Gasteiger partial charge in [0, 0.05) is 17.7 Å². The molecule has 34 heavy (non-hydrogen) atoms. The van der Waals surface area contributed by atoms with Gasteiger partial charge in [-0.1, -0.05) is 0 Å². The van der Waals surface area contributed by atoms with Crippen LogP contribution in [0.1, 0.15) is 33.7 Å². The number of ether oxygens (including phenoxy) is 1. The maximum absolute atomic E-state index is 14.3. The van der Waals surface area contributed by atoms with E-state index >= 15 is 0 Å². The molecule has 4 aromatic rings. The Balaban J connectivity index is 1.51. The molecule has 0 saturated carbocycles. The van der Waals surface area contributed by atoms with Crippen LogP contribution >= 0.6 is 0 Å². The van der Waals surface area contributed by atoms with Gasteiger partial charge in [0.15, 0.2) is 0 Å². The van der Waals surface area contributed by atoms with E-state index in [1.54, 1.807) is 28.9 Å². The van der Waals surface area contributed by atoms with Crippen LogP contribution in [0.2, 0.25) is 0 Å². The molecule has 0 radical (unpaired) electrons. The highest BCUT2D eigenvalue weighted by atomic mass is 19.1. The summed E-state index contributed by atoms with van der Waals surface area (Å²) in [6.07, 6.45) is 2.17. The number of rotatable bonds is 7. The molecule has 0 aliphatic carbocycles. The van der Waals surface area contributed by atoms with Gasteiger partial charge in [-0.25, -0.2) is 13.8 Å². The fraction of sp³-hybridized carbons (Fsp3) is 0.217. The summed E-state index contributed by atoms with van der Waals surface area (Å²) in [7, 11) is 1.36. The van der Waals surface area contributed by atoms with Crippen LogP contribution in [0.3, 0.4) is 0 Å². The molecule has 0 spiro atoms. The molecule has 0 bridgehead atoms. The SMILES string of the molecule is COC(=O)CCc1c(C)nn(-c2ccc(C(=O)Nc3cc(-n4cnnn4)ccc3F)cc2)c1C. The van der Waals surface area contributed by atoms with Gasteiger partial charge < -0.3 is 10.1 Å². The van der Waals surface area contributed by atoms with E-state index in [-0.39, 0.29) is 18.1 Å². The maximum Gasteiger partial charge on any atom is 0.305 e. The number of carbonyl (C=O) groups is 2. The first-order valence-corrected chi connectivity index (χ1v) is 10.4. The minimum atomic E-state index is -0.580. The molecule has 174 valence electrons. The van der Waals surface area contributed by atoms with Gasteiger partial charge in [-0.2, -0.15) is 5.10 Å². The van der Waals surface area contributed by atoms with Crippen molar-refractivity contribution in [3.63, 3.8) is 0 Å². The number of esters is 1. The number of carbonyl (C=O) groups excluding carboxylic acids is 2. The summed E-state index contributed by atoms with van der Waals surface area (Å²) in [6.45, 7) is 3.81. The molecule has 0 aliphatic rings. The van der Waals surface area contributed by atoms with Gasteiger partial charge in [0.25, 0.3) is 5.91 Å². The third-order valence-corrected chi connectivity index (χ3v) is 5.43. The van der Waals surface area contributed by atoms with Crippen LogP contribution in [0.15, 0.2) is 48.8 Å². The van der Waals surface area contributed by atoms with Crippen LogP contribution < -0.4 is 5.32 Å². The molecule has 1 N–H and O–H groups in total. The molecule has 0 saturated heterocycles. The van der Waals surface area contributed by atoms with Crippen molar-refractivity contribution in [2.24, 2.45) is 0 Å². The molecule has 0 unspecified atom stereocenters. The molecule has 11 heteroatoms. The van der Waals surface area contributed by atoms with E-state index in [4.69, 9.17) is 4.74 Å². The van der Waals surface area contributed by atoms with E-state index in [0.717, 1.165) is 22.6 Å². The zero-order valence-electron chi connectivity index (χ0n) is 18.8. The maximum atomic E-state index is 14.3. The Hall–Kier alpha value is -4.41. The lowest BCUT2D eigenvalue weighted by molar-refractivity contribution is -0.140. The quantitative estimate of drug-likeness (QED) is 0.419. The fourth-order valence-corrected chi connectivity index (χ4v) is 3.60. The number of nitrogens with one attached hydrogen (secondary N) is 1. The molecule has 0 fully saturated rings. The summed E-state index contributed by atoms with van der Waals surface area (Å²) >= 11 is 0. The van der Waals surface area contributed by atoms with Gasteiger partial charge in [0.05, 0.1) is 29.9 Å². The molecule has 4 rings (SSSR count). The Labute approximate surface area is 194 Å². The highest BCUT2D eigenvalue weighted by Crippen LogP contribution is 2.22. The predicted octanol–water partition coefficient (Wildman–Crippen LogP) is 2.96. The summed E-state index contributed by atoms with van der Waals surface area (Å²) < 4.78 is 22.1. The summed E-state index contributed by atoms with van der Waals surface area (Å²) in [5.74, 6) is -1.32. The minimum Gasteiger partial charge on any atom is -0.469 e. The van der Waals surface area contributed by atoms with E-state index in [0.29, 0.717) is 17.7 Å². The van der Waals surface area contributed by atoms with Gasteiger partial charge in [0.2, 0.25) is 0 Å². The fourth-order valence-electron chi connectivity index (χ4n) is 3.60. The Bertz CT molecular complexity index is 1330. The van der Waals surface area contributed by atoms with Crippen LogP contribution in [-0.4, -0.2) is 49.0 Å². The summed E-state index contributed by atoms with van der Waals surface area (Å²) in [5, 5.41) is 18.0. The first kappa shape index (κ1) is 22.8. The third-order valence-electron chi connectivity index (χ3n) is 5.43.